The first-order valence-electron chi connectivity index (χ1n) is 7.99. The van der Waals surface area contributed by atoms with E-state index in [1.165, 1.54) is 32.1 Å². The molecule has 0 spiro atoms. The molecule has 1 N–H and O–H groups in total. The van der Waals surface area contributed by atoms with E-state index in [1.807, 2.05) is 18.2 Å². The summed E-state index contributed by atoms with van der Waals surface area (Å²) in [6.07, 6.45) is 9.13. The van der Waals surface area contributed by atoms with Crippen molar-refractivity contribution in [3.8, 4) is 11.5 Å². The van der Waals surface area contributed by atoms with Crippen LogP contribution in [0.2, 0.25) is 0 Å². The third-order valence-corrected chi connectivity index (χ3v) is 3.66. The van der Waals surface area contributed by atoms with Crippen LogP contribution >= 0.6 is 0 Å². The Kier molecular flexibility index (Phi) is 6.38. The molecule has 2 rings (SSSR count). The minimum atomic E-state index is 0.0717. The molecule has 4 heteroatoms. The monoisotopic (exact) mass is 291 g/mol. The zero-order valence-electron chi connectivity index (χ0n) is 12.8. The van der Waals surface area contributed by atoms with E-state index in [2.05, 4.69) is 12.2 Å². The summed E-state index contributed by atoms with van der Waals surface area (Å²) in [6, 6.07) is 5.48. The van der Waals surface area contributed by atoms with Gasteiger partial charge in [0.1, 0.15) is 0 Å². The number of carbonyl (C=O) groups excluding carboxylic acids is 1. The van der Waals surface area contributed by atoms with Gasteiger partial charge in [0.25, 0.3) is 0 Å². The van der Waals surface area contributed by atoms with Gasteiger partial charge in [-0.05, 0) is 18.6 Å². The number of nitrogens with one attached hydrogen (secondary N) is 1. The van der Waals surface area contributed by atoms with Crippen molar-refractivity contribution in [1.82, 2.24) is 0 Å². The fraction of sp³-hybridized carbons (Fsp3) is 0.588. The molecule has 1 aromatic rings. The average Bonchev–Trinajstić information content (AvgIpc) is 2.94. The lowest BCUT2D eigenvalue weighted by Crippen LogP contribution is -2.10. The molecule has 0 aliphatic carbocycles. The highest BCUT2D eigenvalue weighted by molar-refractivity contribution is 5.91. The van der Waals surface area contributed by atoms with Gasteiger partial charge in [-0.15, -0.1) is 0 Å². The van der Waals surface area contributed by atoms with Crippen molar-refractivity contribution >= 4 is 11.6 Å². The summed E-state index contributed by atoms with van der Waals surface area (Å²) in [7, 11) is 0. The molecule has 0 unspecified atom stereocenters. The Hall–Kier alpha value is -1.71. The lowest BCUT2D eigenvalue weighted by atomic mass is 10.1. The van der Waals surface area contributed by atoms with Gasteiger partial charge in [-0.3, -0.25) is 4.79 Å². The molecule has 0 radical (unpaired) electrons. The smallest absolute Gasteiger partial charge is 0.231 e. The van der Waals surface area contributed by atoms with E-state index in [-0.39, 0.29) is 12.7 Å². The van der Waals surface area contributed by atoms with Gasteiger partial charge >= 0.3 is 0 Å². The van der Waals surface area contributed by atoms with E-state index >= 15 is 0 Å². The zero-order valence-corrected chi connectivity index (χ0v) is 12.8. The van der Waals surface area contributed by atoms with Gasteiger partial charge < -0.3 is 14.8 Å². The van der Waals surface area contributed by atoms with Crippen molar-refractivity contribution in [2.75, 3.05) is 12.1 Å². The van der Waals surface area contributed by atoms with Gasteiger partial charge in [0.2, 0.25) is 12.7 Å². The van der Waals surface area contributed by atoms with E-state index in [0.717, 1.165) is 24.3 Å². The molecule has 1 aliphatic rings. The van der Waals surface area contributed by atoms with Gasteiger partial charge in [0, 0.05) is 18.2 Å². The highest BCUT2D eigenvalue weighted by Crippen LogP contribution is 2.34. The number of benzene rings is 1. The van der Waals surface area contributed by atoms with Crippen LogP contribution in [0.25, 0.3) is 0 Å². The molecule has 1 heterocycles. The van der Waals surface area contributed by atoms with E-state index in [0.29, 0.717) is 12.2 Å². The number of anilines is 1. The van der Waals surface area contributed by atoms with Crippen LogP contribution in [-0.4, -0.2) is 12.7 Å². The number of rotatable bonds is 9. The molecule has 1 aromatic carbocycles. The fourth-order valence-electron chi connectivity index (χ4n) is 2.44. The van der Waals surface area contributed by atoms with Gasteiger partial charge in [-0.2, -0.15) is 0 Å². The first-order chi connectivity index (χ1) is 10.3. The number of fused-ring (bicyclic) bond motifs is 1. The molecule has 0 atom stereocenters. The van der Waals surface area contributed by atoms with Crippen LogP contribution in [0.1, 0.15) is 58.3 Å². The van der Waals surface area contributed by atoms with Crippen molar-refractivity contribution in [2.45, 2.75) is 58.3 Å². The molecule has 1 aliphatic heterocycles. The summed E-state index contributed by atoms with van der Waals surface area (Å²) in [5.41, 5.74) is 0.771. The predicted molar refractivity (Wildman–Crippen MR) is 83.8 cm³/mol. The summed E-state index contributed by atoms with van der Waals surface area (Å²) in [5.74, 6) is 1.51. The number of carbonyl (C=O) groups is 1. The third kappa shape index (κ3) is 5.29. The molecule has 4 nitrogen and oxygen atoms in total. The summed E-state index contributed by atoms with van der Waals surface area (Å²) in [4.78, 5) is 11.9. The quantitative estimate of drug-likeness (QED) is 0.682. The molecule has 0 fully saturated rings. The molecule has 0 bridgehead atoms. The second-order valence-corrected chi connectivity index (χ2v) is 5.49. The van der Waals surface area contributed by atoms with Crippen molar-refractivity contribution in [3.05, 3.63) is 18.2 Å². The fourth-order valence-corrected chi connectivity index (χ4v) is 2.44. The number of hydrogen-bond acceptors (Lipinski definition) is 3. The maximum Gasteiger partial charge on any atom is 0.231 e. The van der Waals surface area contributed by atoms with Crippen LogP contribution in [0.4, 0.5) is 5.69 Å². The summed E-state index contributed by atoms with van der Waals surface area (Å²) < 4.78 is 10.5. The Bertz CT molecular complexity index is 459. The molecule has 21 heavy (non-hydrogen) atoms. The average molecular weight is 291 g/mol. The Morgan fingerprint density at radius 2 is 1.76 bits per heavy atom. The van der Waals surface area contributed by atoms with Crippen molar-refractivity contribution < 1.29 is 14.3 Å². The highest BCUT2D eigenvalue weighted by atomic mass is 16.7. The molecule has 1 amide bonds. The van der Waals surface area contributed by atoms with Crippen LogP contribution in [-0.2, 0) is 4.79 Å². The highest BCUT2D eigenvalue weighted by Gasteiger charge is 2.13. The normalized spacial score (nSPS) is 12.4. The van der Waals surface area contributed by atoms with Crippen molar-refractivity contribution in [3.63, 3.8) is 0 Å². The Morgan fingerprint density at radius 1 is 1.05 bits per heavy atom. The number of ether oxygens (including phenoxy) is 2. The first-order valence-corrected chi connectivity index (χ1v) is 7.99. The van der Waals surface area contributed by atoms with Gasteiger partial charge in [0.15, 0.2) is 11.5 Å². The first kappa shape index (κ1) is 15.7. The summed E-state index contributed by atoms with van der Waals surface area (Å²) >= 11 is 0. The minimum absolute atomic E-state index is 0.0717. The van der Waals surface area contributed by atoms with E-state index in [4.69, 9.17) is 9.47 Å². The van der Waals surface area contributed by atoms with Gasteiger partial charge in [0.05, 0.1) is 0 Å². The largest absolute Gasteiger partial charge is 0.454 e. The summed E-state index contributed by atoms with van der Waals surface area (Å²) in [5, 5.41) is 2.91. The Morgan fingerprint density at radius 3 is 2.57 bits per heavy atom. The van der Waals surface area contributed by atoms with Crippen LogP contribution in [0.3, 0.4) is 0 Å². The SMILES string of the molecule is CCCCCCCCCC(=O)Nc1ccc2c(c1)OCO2. The second kappa shape index (κ2) is 8.55. The molecule has 0 saturated carbocycles. The third-order valence-electron chi connectivity index (χ3n) is 3.66. The molecule has 0 aromatic heterocycles. The Labute approximate surface area is 126 Å². The number of unbranched alkanes of at least 4 members (excludes halogenated alkanes) is 6. The van der Waals surface area contributed by atoms with E-state index in [9.17, 15) is 4.79 Å². The standard InChI is InChI=1S/C17H25NO3/c1-2-3-4-5-6-7-8-9-17(19)18-14-10-11-15-16(12-14)21-13-20-15/h10-12H,2-9,13H2,1H3,(H,18,19). The summed E-state index contributed by atoms with van der Waals surface area (Å²) in [6.45, 7) is 2.48. The van der Waals surface area contributed by atoms with E-state index < -0.39 is 0 Å². The maximum absolute atomic E-state index is 11.9. The lowest BCUT2D eigenvalue weighted by Gasteiger charge is -2.06. The van der Waals surface area contributed by atoms with Crippen molar-refractivity contribution in [1.29, 1.82) is 0 Å². The molecular weight excluding hydrogens is 266 g/mol. The Balaban J connectivity index is 1.61. The van der Waals surface area contributed by atoms with Crippen LogP contribution in [0.5, 0.6) is 11.5 Å². The van der Waals surface area contributed by atoms with Crippen LogP contribution in [0.15, 0.2) is 18.2 Å². The molecule has 0 saturated heterocycles. The predicted octanol–water partition coefficient (Wildman–Crippen LogP) is 4.49. The lowest BCUT2D eigenvalue weighted by molar-refractivity contribution is -0.116. The van der Waals surface area contributed by atoms with Gasteiger partial charge in [-0.25, -0.2) is 0 Å². The molecular formula is C17H25NO3. The van der Waals surface area contributed by atoms with E-state index in [1.54, 1.807) is 0 Å². The van der Waals surface area contributed by atoms with Crippen molar-refractivity contribution in [2.24, 2.45) is 0 Å². The maximum atomic E-state index is 11.9. The number of amides is 1. The molecule has 116 valence electrons. The minimum Gasteiger partial charge on any atom is -0.454 e. The second-order valence-electron chi connectivity index (χ2n) is 5.49. The van der Waals surface area contributed by atoms with Crippen LogP contribution in [0, 0.1) is 0 Å². The van der Waals surface area contributed by atoms with Crippen LogP contribution < -0.4 is 14.8 Å². The topological polar surface area (TPSA) is 47.6 Å². The zero-order chi connectivity index (χ0) is 14.9. The number of hydrogen-bond donors (Lipinski definition) is 1. The van der Waals surface area contributed by atoms with Gasteiger partial charge in [-0.1, -0.05) is 45.4 Å².